The van der Waals surface area contributed by atoms with Crippen LogP contribution in [0.2, 0.25) is 0 Å². The zero-order valence-corrected chi connectivity index (χ0v) is 14.8. The number of fused-ring (bicyclic) bond motifs is 1. The minimum atomic E-state index is -0.605. The van der Waals surface area contributed by atoms with Crippen molar-refractivity contribution in [3.63, 3.8) is 0 Å². The molecule has 138 valence electrons. The Bertz CT molecular complexity index is 1070. The minimum absolute atomic E-state index is 0.0171. The molecule has 0 amide bonds. The van der Waals surface area contributed by atoms with E-state index in [-0.39, 0.29) is 29.7 Å². The number of thioether (sulfide) groups is 1. The summed E-state index contributed by atoms with van der Waals surface area (Å²) in [6.45, 7) is 1.91. The molecule has 1 aromatic carbocycles. The third kappa shape index (κ3) is 3.21. The Hall–Kier alpha value is -3.41. The highest BCUT2D eigenvalue weighted by atomic mass is 32.2. The van der Waals surface area contributed by atoms with Gasteiger partial charge in [0.25, 0.3) is 5.22 Å². The van der Waals surface area contributed by atoms with Crippen molar-refractivity contribution in [3.8, 4) is 5.82 Å². The summed E-state index contributed by atoms with van der Waals surface area (Å²) in [6, 6.07) is 7.40. The first kappa shape index (κ1) is 17.0. The maximum Gasteiger partial charge on any atom is 0.360 e. The van der Waals surface area contributed by atoms with Gasteiger partial charge in [0.15, 0.2) is 11.3 Å². The molecule has 0 aliphatic carbocycles. The molecule has 0 saturated carbocycles. The molecule has 0 fully saturated rings. The third-order valence-corrected chi connectivity index (χ3v) is 4.37. The lowest BCUT2D eigenvalue weighted by atomic mass is 10.3. The zero-order chi connectivity index (χ0) is 18.8. The van der Waals surface area contributed by atoms with Gasteiger partial charge in [0.2, 0.25) is 11.6 Å². The van der Waals surface area contributed by atoms with Gasteiger partial charge in [-0.2, -0.15) is 4.68 Å². The smallest absolute Gasteiger partial charge is 0.360 e. The normalized spacial score (nSPS) is 11.1. The molecule has 0 unspecified atom stereocenters. The van der Waals surface area contributed by atoms with Crippen LogP contribution in [0.1, 0.15) is 23.1 Å². The van der Waals surface area contributed by atoms with Crippen molar-refractivity contribution in [1.29, 1.82) is 0 Å². The second-order valence-corrected chi connectivity index (χ2v) is 6.15. The summed E-state index contributed by atoms with van der Waals surface area (Å²) < 4.78 is 16.6. The van der Waals surface area contributed by atoms with Crippen LogP contribution >= 0.6 is 11.8 Å². The maximum atomic E-state index is 12.2. The molecule has 4 aromatic rings. The lowest BCUT2D eigenvalue weighted by molar-refractivity contribution is 0.0518. The first-order valence-electron chi connectivity index (χ1n) is 7.86. The SMILES string of the molecule is CCOC(=O)c1nnn(-c2nonc2N)c1CSc1nc2ccccc2o1. The van der Waals surface area contributed by atoms with E-state index < -0.39 is 5.97 Å². The Morgan fingerprint density at radius 3 is 2.93 bits per heavy atom. The average Bonchev–Trinajstić information content (AvgIpc) is 3.37. The molecule has 0 aliphatic heterocycles. The van der Waals surface area contributed by atoms with Crippen LogP contribution in [0.3, 0.4) is 0 Å². The first-order chi connectivity index (χ1) is 13.2. The lowest BCUT2D eigenvalue weighted by Crippen LogP contribution is -2.10. The number of rotatable bonds is 6. The summed E-state index contributed by atoms with van der Waals surface area (Å²) in [4.78, 5) is 16.6. The highest BCUT2D eigenvalue weighted by Crippen LogP contribution is 2.28. The summed E-state index contributed by atoms with van der Waals surface area (Å²) in [5.41, 5.74) is 7.59. The van der Waals surface area contributed by atoms with Crippen LogP contribution in [0.25, 0.3) is 16.9 Å². The summed E-state index contributed by atoms with van der Waals surface area (Å²) in [5.74, 6) is -0.207. The number of nitrogens with zero attached hydrogens (tertiary/aromatic N) is 6. The quantitative estimate of drug-likeness (QED) is 0.381. The van der Waals surface area contributed by atoms with E-state index in [1.165, 1.54) is 16.4 Å². The van der Waals surface area contributed by atoms with Gasteiger partial charge < -0.3 is 14.9 Å². The Balaban J connectivity index is 1.67. The number of para-hydroxylation sites is 2. The number of nitrogens with two attached hydrogens (primary N) is 1. The van der Waals surface area contributed by atoms with Gasteiger partial charge in [-0.05, 0) is 29.4 Å². The van der Waals surface area contributed by atoms with E-state index in [4.69, 9.17) is 14.9 Å². The number of carbonyl (C=O) groups excluding carboxylic acids is 1. The number of hydrogen-bond acceptors (Lipinski definition) is 11. The van der Waals surface area contributed by atoms with Gasteiger partial charge in [-0.15, -0.1) is 5.10 Å². The molecule has 0 radical (unpaired) electrons. The fraction of sp³-hybridized carbons (Fsp3) is 0.200. The van der Waals surface area contributed by atoms with Crippen LogP contribution < -0.4 is 5.73 Å². The van der Waals surface area contributed by atoms with Crippen molar-refractivity contribution in [3.05, 3.63) is 35.7 Å². The molecule has 0 bridgehead atoms. The summed E-state index contributed by atoms with van der Waals surface area (Å²) in [7, 11) is 0. The zero-order valence-electron chi connectivity index (χ0n) is 14.0. The van der Waals surface area contributed by atoms with Crippen LogP contribution in [0, 0.1) is 0 Å². The maximum absolute atomic E-state index is 12.2. The Morgan fingerprint density at radius 1 is 1.33 bits per heavy atom. The Morgan fingerprint density at radius 2 is 2.19 bits per heavy atom. The van der Waals surface area contributed by atoms with Gasteiger partial charge in [-0.1, -0.05) is 29.1 Å². The predicted molar refractivity (Wildman–Crippen MR) is 93.2 cm³/mol. The third-order valence-electron chi connectivity index (χ3n) is 3.53. The van der Waals surface area contributed by atoms with Gasteiger partial charge in [0.05, 0.1) is 12.3 Å². The summed E-state index contributed by atoms with van der Waals surface area (Å²) >= 11 is 1.26. The molecule has 3 heterocycles. The second-order valence-electron chi connectivity index (χ2n) is 5.23. The molecular weight excluding hydrogens is 374 g/mol. The largest absolute Gasteiger partial charge is 0.461 e. The molecular formula is C15H13N7O4S. The Labute approximate surface area is 155 Å². The number of oxazole rings is 1. The van der Waals surface area contributed by atoms with E-state index in [1.807, 2.05) is 24.3 Å². The molecule has 4 rings (SSSR count). The first-order valence-corrected chi connectivity index (χ1v) is 8.84. The molecule has 0 atom stereocenters. The highest BCUT2D eigenvalue weighted by molar-refractivity contribution is 7.98. The number of anilines is 1. The molecule has 0 spiro atoms. The number of aromatic nitrogens is 6. The van der Waals surface area contributed by atoms with Gasteiger partial charge in [0, 0.05) is 5.75 Å². The molecule has 3 aromatic heterocycles. The van der Waals surface area contributed by atoms with Crippen LogP contribution in [-0.4, -0.2) is 42.9 Å². The van der Waals surface area contributed by atoms with Crippen LogP contribution in [0.4, 0.5) is 5.82 Å². The standard InChI is InChI=1S/C15H13N7O4S/c1-2-24-14(23)11-9(22(21-18-11)13-12(16)19-26-20-13)7-27-15-17-8-5-3-4-6-10(8)25-15/h3-6H,2,7H2,1H3,(H2,16,19). The fourth-order valence-electron chi connectivity index (χ4n) is 2.34. The van der Waals surface area contributed by atoms with Gasteiger partial charge in [-0.25, -0.2) is 14.4 Å². The average molecular weight is 387 g/mol. The number of nitrogen functional groups attached to an aromatic ring is 1. The van der Waals surface area contributed by atoms with Crippen LogP contribution in [0.15, 0.2) is 38.5 Å². The van der Waals surface area contributed by atoms with E-state index in [0.717, 1.165) is 5.52 Å². The predicted octanol–water partition coefficient (Wildman–Crippen LogP) is 1.84. The fourth-order valence-corrected chi connectivity index (χ4v) is 3.17. The number of benzene rings is 1. The lowest BCUT2D eigenvalue weighted by Gasteiger charge is -2.04. The second kappa shape index (κ2) is 7.07. The molecule has 12 heteroatoms. The highest BCUT2D eigenvalue weighted by Gasteiger charge is 2.25. The van der Waals surface area contributed by atoms with Gasteiger partial charge >= 0.3 is 5.97 Å². The van der Waals surface area contributed by atoms with Crippen LogP contribution in [0.5, 0.6) is 0 Å². The van der Waals surface area contributed by atoms with E-state index in [9.17, 15) is 4.79 Å². The van der Waals surface area contributed by atoms with E-state index in [2.05, 4.69) is 30.2 Å². The number of ether oxygens (including phenoxy) is 1. The van der Waals surface area contributed by atoms with E-state index in [1.54, 1.807) is 6.92 Å². The van der Waals surface area contributed by atoms with Crippen molar-refractivity contribution in [1.82, 2.24) is 30.3 Å². The molecule has 0 aliphatic rings. The minimum Gasteiger partial charge on any atom is -0.461 e. The monoisotopic (exact) mass is 387 g/mol. The van der Waals surface area contributed by atoms with Crippen molar-refractivity contribution in [2.75, 3.05) is 12.3 Å². The van der Waals surface area contributed by atoms with Gasteiger partial charge in [-0.3, -0.25) is 0 Å². The van der Waals surface area contributed by atoms with Crippen molar-refractivity contribution in [2.45, 2.75) is 17.9 Å². The topological polar surface area (TPSA) is 148 Å². The van der Waals surface area contributed by atoms with Crippen molar-refractivity contribution >= 4 is 34.6 Å². The number of esters is 1. The van der Waals surface area contributed by atoms with Crippen molar-refractivity contribution < 1.29 is 18.6 Å². The van der Waals surface area contributed by atoms with Crippen LogP contribution in [-0.2, 0) is 10.5 Å². The summed E-state index contributed by atoms with van der Waals surface area (Å²) in [5, 5.41) is 15.5. The molecule has 11 nitrogen and oxygen atoms in total. The van der Waals surface area contributed by atoms with E-state index >= 15 is 0 Å². The molecule has 2 N–H and O–H groups in total. The van der Waals surface area contributed by atoms with E-state index in [0.29, 0.717) is 16.5 Å². The van der Waals surface area contributed by atoms with Crippen molar-refractivity contribution in [2.24, 2.45) is 0 Å². The molecule has 0 saturated heterocycles. The number of hydrogen-bond donors (Lipinski definition) is 1. The Kier molecular flexibility index (Phi) is 4.46. The molecule has 27 heavy (non-hydrogen) atoms. The van der Waals surface area contributed by atoms with Gasteiger partial charge in [0.1, 0.15) is 5.52 Å². The summed E-state index contributed by atoms with van der Waals surface area (Å²) in [6.07, 6.45) is 0. The number of carbonyl (C=O) groups is 1.